The SMILES string of the molecule is c1ccc(-c2ccc(-c3cc(-c4cc(-c5ccc6sc7ccccc7c6c5)cc(-c5nc6ccccc6c6c5sc5ccccc56)c4)nc(-c4ccccc4)n3)cc2)cc1.c1ccc(-c2ccc(-c3cc(-c4cc(-c5nc6ccccc6c6c5sc5ccccc56)cc(-n5c6ccccc6c6ccccc65)c4)nc(-c4ccccc4)n3)cc2)cc1. The molecule has 0 unspecified atom stereocenters. The molecule has 0 saturated carbocycles. The molecule has 120 heavy (non-hydrogen) atoms. The first-order valence-electron chi connectivity index (χ1n) is 40.3. The normalized spacial score (nSPS) is 11.7. The van der Waals surface area contributed by atoms with Gasteiger partial charge < -0.3 is 4.57 Å². The van der Waals surface area contributed by atoms with E-state index in [2.05, 4.69) is 369 Å². The highest BCUT2D eigenvalue weighted by molar-refractivity contribution is 7.27. The molecule has 0 bridgehead atoms. The molecule has 0 aliphatic rings. The number of rotatable bonds is 12. The van der Waals surface area contributed by atoms with Gasteiger partial charge in [-0.3, -0.25) is 0 Å². The van der Waals surface area contributed by atoms with Crippen molar-refractivity contribution in [2.45, 2.75) is 0 Å². The van der Waals surface area contributed by atoms with Crippen LogP contribution in [0.3, 0.4) is 0 Å². The third-order valence-corrected chi connectivity index (χ3v) is 26.6. The molecule has 7 nitrogen and oxygen atoms in total. The van der Waals surface area contributed by atoms with E-state index in [0.717, 1.165) is 123 Å². The van der Waals surface area contributed by atoms with E-state index in [9.17, 15) is 0 Å². The average molecular weight is 1580 g/mol. The highest BCUT2D eigenvalue weighted by Gasteiger charge is 2.24. The van der Waals surface area contributed by atoms with E-state index >= 15 is 0 Å². The van der Waals surface area contributed by atoms with Crippen LogP contribution in [-0.2, 0) is 0 Å². The molecule has 0 atom stereocenters. The lowest BCUT2D eigenvalue weighted by molar-refractivity contribution is 1.16. The molecule has 0 N–H and O–H groups in total. The van der Waals surface area contributed by atoms with Crippen LogP contribution >= 0.6 is 34.0 Å². The second-order valence-electron chi connectivity index (χ2n) is 30.3. The van der Waals surface area contributed by atoms with E-state index in [1.54, 1.807) is 0 Å². The van der Waals surface area contributed by atoms with E-state index in [-0.39, 0.29) is 0 Å². The zero-order valence-electron chi connectivity index (χ0n) is 64.5. The molecule has 24 rings (SSSR count). The molecule has 0 amide bonds. The van der Waals surface area contributed by atoms with Crippen LogP contribution in [0.5, 0.6) is 0 Å². The Hall–Kier alpha value is -15.0. The summed E-state index contributed by atoms with van der Waals surface area (Å²) in [6.07, 6.45) is 0. The fourth-order valence-electron chi connectivity index (χ4n) is 17.3. The van der Waals surface area contributed by atoms with Crippen LogP contribution in [0.4, 0.5) is 0 Å². The Labute approximate surface area is 703 Å². The zero-order chi connectivity index (χ0) is 79.1. The number of aromatic nitrogens is 7. The second kappa shape index (κ2) is 29.6. The van der Waals surface area contributed by atoms with E-state index in [0.29, 0.717) is 11.6 Å². The lowest BCUT2D eigenvalue weighted by Gasteiger charge is -2.15. The number of hydrogen-bond acceptors (Lipinski definition) is 9. The van der Waals surface area contributed by atoms with Crippen LogP contribution in [0.2, 0.25) is 0 Å². The number of nitrogens with zero attached hydrogens (tertiary/aromatic N) is 7. The Morgan fingerprint density at radius 1 is 0.183 bits per heavy atom. The Morgan fingerprint density at radius 2 is 0.508 bits per heavy atom. The lowest BCUT2D eigenvalue weighted by Crippen LogP contribution is -1.99. The van der Waals surface area contributed by atoms with Gasteiger partial charge in [0.05, 0.1) is 65.6 Å². The zero-order valence-corrected chi connectivity index (χ0v) is 67.0. The number of pyridine rings is 2. The first-order valence-corrected chi connectivity index (χ1v) is 42.7. The molecule has 24 aromatic rings. The molecule has 16 aromatic carbocycles. The molecule has 0 fully saturated rings. The minimum absolute atomic E-state index is 0.676. The Bertz CT molecular complexity index is 8090. The van der Waals surface area contributed by atoms with Gasteiger partial charge in [-0.25, -0.2) is 29.9 Å². The maximum Gasteiger partial charge on any atom is 0.160 e. The minimum atomic E-state index is 0.676. The van der Waals surface area contributed by atoms with Crippen molar-refractivity contribution in [3.63, 3.8) is 0 Å². The quantitative estimate of drug-likeness (QED) is 0.121. The molecule has 0 spiro atoms. The summed E-state index contributed by atoms with van der Waals surface area (Å²) in [4.78, 5) is 32.0. The van der Waals surface area contributed by atoms with Gasteiger partial charge in [0.25, 0.3) is 0 Å². The molecule has 8 aromatic heterocycles. The molecular weight excluding hydrogens is 1520 g/mol. The van der Waals surface area contributed by atoms with E-state index in [4.69, 9.17) is 29.9 Å². The van der Waals surface area contributed by atoms with Crippen molar-refractivity contribution in [2.75, 3.05) is 0 Å². The number of hydrogen-bond donors (Lipinski definition) is 0. The molecule has 0 radical (unpaired) electrons. The van der Waals surface area contributed by atoms with Gasteiger partial charge in [0.15, 0.2) is 11.6 Å². The monoisotopic (exact) mass is 1580 g/mol. The smallest absolute Gasteiger partial charge is 0.160 e. The van der Waals surface area contributed by atoms with Gasteiger partial charge in [0, 0.05) is 123 Å². The molecule has 560 valence electrons. The van der Waals surface area contributed by atoms with Crippen LogP contribution < -0.4 is 0 Å². The molecule has 0 aliphatic heterocycles. The van der Waals surface area contributed by atoms with Gasteiger partial charge in [0.2, 0.25) is 0 Å². The Morgan fingerprint density at radius 3 is 0.992 bits per heavy atom. The molecule has 8 heterocycles. The predicted octanol–water partition coefficient (Wildman–Crippen LogP) is 30.6. The number of para-hydroxylation sites is 4. The van der Waals surface area contributed by atoms with Crippen molar-refractivity contribution in [3.8, 4) is 129 Å². The first-order chi connectivity index (χ1) is 59.4. The second-order valence-corrected chi connectivity index (χ2v) is 33.5. The van der Waals surface area contributed by atoms with Crippen LogP contribution in [0.15, 0.2) is 406 Å². The molecule has 10 heteroatoms. The number of benzene rings is 16. The highest BCUT2D eigenvalue weighted by Crippen LogP contribution is 2.49. The number of fused-ring (bicyclic) bond motifs is 16. The first kappa shape index (κ1) is 70.4. The summed E-state index contributed by atoms with van der Waals surface area (Å²) in [5.74, 6) is 1.36. The van der Waals surface area contributed by atoms with Crippen molar-refractivity contribution in [2.24, 2.45) is 0 Å². The maximum atomic E-state index is 5.48. The molecule has 0 saturated heterocycles. The van der Waals surface area contributed by atoms with Crippen molar-refractivity contribution in [3.05, 3.63) is 406 Å². The van der Waals surface area contributed by atoms with E-state index < -0.39 is 0 Å². The van der Waals surface area contributed by atoms with Gasteiger partial charge >= 0.3 is 0 Å². The minimum Gasteiger partial charge on any atom is -0.309 e. The summed E-state index contributed by atoms with van der Waals surface area (Å²) in [6.45, 7) is 0. The fourth-order valence-corrected chi connectivity index (χ4v) is 20.9. The summed E-state index contributed by atoms with van der Waals surface area (Å²) in [7, 11) is 0. The van der Waals surface area contributed by atoms with Crippen molar-refractivity contribution in [1.82, 2.24) is 34.5 Å². The van der Waals surface area contributed by atoms with Gasteiger partial charge in [-0.15, -0.1) is 34.0 Å². The van der Waals surface area contributed by atoms with Crippen molar-refractivity contribution in [1.29, 1.82) is 0 Å². The lowest BCUT2D eigenvalue weighted by atomic mass is 9.94. The third kappa shape index (κ3) is 12.6. The highest BCUT2D eigenvalue weighted by atomic mass is 32.1. The third-order valence-electron chi connectivity index (χ3n) is 23.1. The van der Waals surface area contributed by atoms with E-state index in [1.807, 2.05) is 76.5 Å². The Kier molecular flexibility index (Phi) is 17.4. The van der Waals surface area contributed by atoms with Gasteiger partial charge in [0.1, 0.15) is 0 Å². The Balaban J connectivity index is 0.000000140. The van der Waals surface area contributed by atoms with Gasteiger partial charge in [-0.05, 0) is 137 Å². The molecule has 0 aliphatic carbocycles. The summed E-state index contributed by atoms with van der Waals surface area (Å²) in [6, 6.07) is 144. The summed E-state index contributed by atoms with van der Waals surface area (Å²) < 4.78 is 9.83. The van der Waals surface area contributed by atoms with Crippen molar-refractivity contribution < 1.29 is 0 Å². The average Bonchev–Trinajstić information content (AvgIpc) is 1.56. The maximum absolute atomic E-state index is 5.48. The summed E-state index contributed by atoms with van der Waals surface area (Å²) in [5, 5.41) is 12.3. The summed E-state index contributed by atoms with van der Waals surface area (Å²) in [5.41, 5.74) is 25.6. The largest absolute Gasteiger partial charge is 0.309 e. The van der Waals surface area contributed by atoms with Crippen LogP contribution in [0.1, 0.15) is 0 Å². The topological polar surface area (TPSA) is 82.3 Å². The fraction of sp³-hybridized carbons (Fsp3) is 0. The van der Waals surface area contributed by atoms with Crippen molar-refractivity contribution >= 4 is 138 Å². The number of thiophene rings is 3. The van der Waals surface area contributed by atoms with Crippen LogP contribution in [0.25, 0.3) is 234 Å². The van der Waals surface area contributed by atoms with Gasteiger partial charge in [-0.1, -0.05) is 303 Å². The van der Waals surface area contributed by atoms with Gasteiger partial charge in [-0.2, -0.15) is 0 Å². The molecular formula is C110H67N7S3. The van der Waals surface area contributed by atoms with Crippen LogP contribution in [0, 0.1) is 0 Å². The predicted molar refractivity (Wildman–Crippen MR) is 507 cm³/mol. The summed E-state index contributed by atoms with van der Waals surface area (Å²) >= 11 is 5.47. The standard InChI is InChI=1S/C55H34N4S.C55H33N3S2/c1-3-15-35(16-4-1)36-27-29-37(30-28-36)47-34-48(58-55(57-47)38-17-5-2-6-18-38)39-31-40(33-41(32-39)59-49-24-12-8-19-42(49)43-20-9-13-25-50(43)59)53-54-52(44-21-7-11-23-46(44)56-53)45-22-10-14-26-51(45)60-54;1-3-13-34(14-4-1)35-23-25-36(26-24-35)47-33-48(58-55(57-47)37-15-5-2-6-16-37)40-29-39(38-27-28-51-45(32-38)42-17-8-11-21-49(42)59-51)30-41(31-40)53-54-52(43-18-7-10-20-46(43)56-53)44-19-9-12-22-50(44)60-54/h1-34H;1-33H. The van der Waals surface area contributed by atoms with E-state index in [1.165, 1.54) is 98.8 Å². The van der Waals surface area contributed by atoms with Crippen LogP contribution in [-0.4, -0.2) is 34.5 Å².